The fraction of sp³-hybridized carbons (Fsp3) is 0.333. The molecule has 0 atom stereocenters. The van der Waals surface area contributed by atoms with E-state index in [2.05, 4.69) is 13.2 Å². The van der Waals surface area contributed by atoms with Gasteiger partial charge in [-0.25, -0.2) is 0 Å². The SMILES string of the molecule is [B]C(=O)NCC=O. The van der Waals surface area contributed by atoms with Crippen LogP contribution in [0, 0.1) is 0 Å². The second-order valence-electron chi connectivity index (χ2n) is 0.912. The van der Waals surface area contributed by atoms with Gasteiger partial charge in [0.1, 0.15) is 6.29 Å². The number of rotatable bonds is 2. The quantitative estimate of drug-likeness (QED) is 0.357. The van der Waals surface area contributed by atoms with Crippen LogP contribution in [0.5, 0.6) is 0 Å². The molecule has 0 aliphatic carbocycles. The molecule has 0 aromatic rings. The Morgan fingerprint density at radius 1 is 1.86 bits per heavy atom. The number of carbonyl (C=O) groups is 2. The van der Waals surface area contributed by atoms with E-state index in [0.717, 1.165) is 0 Å². The van der Waals surface area contributed by atoms with Crippen molar-refractivity contribution in [1.29, 1.82) is 0 Å². The Morgan fingerprint density at radius 3 is 2.57 bits per heavy atom. The van der Waals surface area contributed by atoms with Gasteiger partial charge in [0.15, 0.2) is 5.81 Å². The fourth-order valence-corrected chi connectivity index (χ4v) is 0.142. The van der Waals surface area contributed by atoms with Gasteiger partial charge in [-0.1, -0.05) is 0 Å². The summed E-state index contributed by atoms with van der Waals surface area (Å²) in [6.45, 7) is -0.00463. The zero-order valence-corrected chi connectivity index (χ0v) is 3.68. The second kappa shape index (κ2) is 3.40. The Kier molecular flexibility index (Phi) is 3.01. The van der Waals surface area contributed by atoms with Crippen molar-refractivity contribution in [2.45, 2.75) is 0 Å². The number of hydrogen-bond donors (Lipinski definition) is 1. The Balaban J connectivity index is 2.97. The normalized spacial score (nSPS) is 7.43. The maximum Gasteiger partial charge on any atom is 0.200 e. The van der Waals surface area contributed by atoms with Crippen LogP contribution < -0.4 is 5.32 Å². The van der Waals surface area contributed by atoms with Crippen LogP contribution in [0.3, 0.4) is 0 Å². The molecule has 2 radical (unpaired) electrons. The number of nitrogens with one attached hydrogen (secondary N) is 1. The van der Waals surface area contributed by atoms with Gasteiger partial charge in [-0.15, -0.1) is 0 Å². The maximum absolute atomic E-state index is 9.71. The van der Waals surface area contributed by atoms with Gasteiger partial charge in [-0.2, -0.15) is 0 Å². The lowest BCUT2D eigenvalue weighted by molar-refractivity contribution is -0.107. The zero-order chi connectivity index (χ0) is 5.70. The van der Waals surface area contributed by atoms with Crippen LogP contribution in [0.4, 0.5) is 4.79 Å². The monoisotopic (exact) mass is 97.0 g/mol. The first-order valence-electron chi connectivity index (χ1n) is 1.74. The van der Waals surface area contributed by atoms with E-state index < -0.39 is 5.81 Å². The molecule has 0 saturated heterocycles. The van der Waals surface area contributed by atoms with E-state index in [1.54, 1.807) is 0 Å². The molecule has 0 aliphatic heterocycles. The van der Waals surface area contributed by atoms with Crippen molar-refractivity contribution in [2.24, 2.45) is 0 Å². The molecule has 0 aliphatic rings. The molecule has 1 N–H and O–H groups in total. The molecule has 0 bridgehead atoms. The molecule has 1 amide bonds. The molecule has 3 nitrogen and oxygen atoms in total. The molecule has 0 saturated carbocycles. The maximum atomic E-state index is 9.71. The van der Waals surface area contributed by atoms with Crippen LogP contribution in [0.25, 0.3) is 0 Å². The Bertz CT molecular complexity index is 83.0. The van der Waals surface area contributed by atoms with E-state index in [-0.39, 0.29) is 6.54 Å². The van der Waals surface area contributed by atoms with Gasteiger partial charge in [0.25, 0.3) is 0 Å². The average molecular weight is 96.9 g/mol. The first-order chi connectivity index (χ1) is 3.27. The summed E-state index contributed by atoms with van der Waals surface area (Å²) in [4.78, 5) is 19.1. The molecule has 0 aromatic heterocycles. The molecule has 0 spiro atoms. The lowest BCUT2D eigenvalue weighted by Gasteiger charge is -1.89. The minimum absolute atomic E-state index is 0.00463. The van der Waals surface area contributed by atoms with Gasteiger partial charge in [-0.3, -0.25) is 4.79 Å². The molecule has 4 heteroatoms. The first kappa shape index (κ1) is 6.20. The highest BCUT2D eigenvalue weighted by molar-refractivity contribution is 6.57. The summed E-state index contributed by atoms with van der Waals surface area (Å²) < 4.78 is 0. The topological polar surface area (TPSA) is 46.2 Å². The first-order valence-corrected chi connectivity index (χ1v) is 1.74. The van der Waals surface area contributed by atoms with Crippen molar-refractivity contribution < 1.29 is 9.59 Å². The van der Waals surface area contributed by atoms with Crippen molar-refractivity contribution in [3.05, 3.63) is 0 Å². The highest BCUT2D eigenvalue weighted by Gasteiger charge is 1.82. The van der Waals surface area contributed by atoms with Crippen molar-refractivity contribution in [3.8, 4) is 0 Å². The smallest absolute Gasteiger partial charge is 0.200 e. The van der Waals surface area contributed by atoms with E-state index in [4.69, 9.17) is 0 Å². The Hall–Kier alpha value is -0.795. The summed E-state index contributed by atoms with van der Waals surface area (Å²) in [6.07, 6.45) is 0.560. The minimum Gasteiger partial charge on any atom is -0.359 e. The average Bonchev–Trinajstić information content (AvgIpc) is 1.61. The van der Waals surface area contributed by atoms with Crippen LogP contribution >= 0.6 is 0 Å². The lowest BCUT2D eigenvalue weighted by Crippen LogP contribution is -2.22. The van der Waals surface area contributed by atoms with Crippen molar-refractivity contribution in [1.82, 2.24) is 5.32 Å². The lowest BCUT2D eigenvalue weighted by atomic mass is 10.1. The third kappa shape index (κ3) is 5.20. The van der Waals surface area contributed by atoms with Gasteiger partial charge in [0.2, 0.25) is 7.85 Å². The number of amides is 1. The second-order valence-corrected chi connectivity index (χ2v) is 0.912. The highest BCUT2D eigenvalue weighted by Crippen LogP contribution is 1.52. The summed E-state index contributed by atoms with van der Waals surface area (Å²) >= 11 is 0. The molecule has 0 aromatic carbocycles. The number of hydrogen-bond acceptors (Lipinski definition) is 2. The van der Waals surface area contributed by atoms with Crippen LogP contribution in [0.15, 0.2) is 0 Å². The van der Waals surface area contributed by atoms with E-state index >= 15 is 0 Å². The number of carbonyl (C=O) groups excluding carboxylic acids is 2. The molecule has 0 heterocycles. The van der Waals surface area contributed by atoms with Crippen LogP contribution in [-0.2, 0) is 4.79 Å². The van der Waals surface area contributed by atoms with Gasteiger partial charge in [0, 0.05) is 0 Å². The standard InChI is InChI=1S/C3H4BNO2/c4-3(7)5-1-2-6/h2H,1H2,(H,5,7). The van der Waals surface area contributed by atoms with Crippen LogP contribution in [-0.4, -0.2) is 26.5 Å². The highest BCUT2D eigenvalue weighted by atomic mass is 16.1. The van der Waals surface area contributed by atoms with Gasteiger partial charge < -0.3 is 10.1 Å². The zero-order valence-electron chi connectivity index (χ0n) is 3.68. The van der Waals surface area contributed by atoms with Crippen molar-refractivity contribution in [3.63, 3.8) is 0 Å². The third-order valence-electron chi connectivity index (χ3n) is 0.360. The molecule has 0 unspecified atom stereocenters. The largest absolute Gasteiger partial charge is 0.359 e. The van der Waals surface area contributed by atoms with E-state index in [1.165, 1.54) is 0 Å². The van der Waals surface area contributed by atoms with Gasteiger partial charge in [0.05, 0.1) is 6.54 Å². The third-order valence-corrected chi connectivity index (χ3v) is 0.360. The summed E-state index contributed by atoms with van der Waals surface area (Å²) in [6, 6.07) is 0. The molecule has 0 rings (SSSR count). The molecule has 0 fully saturated rings. The van der Waals surface area contributed by atoms with Gasteiger partial charge in [-0.05, 0) is 0 Å². The van der Waals surface area contributed by atoms with Crippen LogP contribution in [0.1, 0.15) is 0 Å². The fourth-order valence-electron chi connectivity index (χ4n) is 0.142. The molecule has 7 heavy (non-hydrogen) atoms. The van der Waals surface area contributed by atoms with E-state index in [1.807, 2.05) is 0 Å². The van der Waals surface area contributed by atoms with Crippen molar-refractivity contribution >= 4 is 19.9 Å². The summed E-state index contributed by atoms with van der Waals surface area (Å²) in [5.41, 5.74) is 0. The predicted molar refractivity (Wildman–Crippen MR) is 25.2 cm³/mol. The summed E-state index contributed by atoms with van der Waals surface area (Å²) in [5, 5.41) is 2.07. The predicted octanol–water partition coefficient (Wildman–Crippen LogP) is -0.937. The summed E-state index contributed by atoms with van der Waals surface area (Å²) in [7, 11) is 4.57. The van der Waals surface area contributed by atoms with Crippen LogP contribution in [0.2, 0.25) is 0 Å². The minimum atomic E-state index is -0.674. The van der Waals surface area contributed by atoms with Crippen molar-refractivity contribution in [2.75, 3.05) is 6.54 Å². The Morgan fingerprint density at radius 2 is 2.43 bits per heavy atom. The summed E-state index contributed by atoms with van der Waals surface area (Å²) in [5.74, 6) is -0.674. The van der Waals surface area contributed by atoms with E-state index in [9.17, 15) is 9.59 Å². The molecular formula is C3H4BNO2. The van der Waals surface area contributed by atoms with Gasteiger partial charge >= 0.3 is 0 Å². The number of aldehydes is 1. The van der Waals surface area contributed by atoms with E-state index in [0.29, 0.717) is 6.29 Å². The Labute approximate surface area is 42.5 Å². The molecular weight excluding hydrogens is 92.8 g/mol. The molecule has 36 valence electrons.